The number of tetrazole rings is 1. The highest BCUT2D eigenvalue weighted by atomic mass is 35.5. The van der Waals surface area contributed by atoms with E-state index in [1.807, 2.05) is 0 Å². The standard InChI is InChI=1S/C20H15ClN8O3/c1-20(13-3-2-4-15(9-13)29-11-22-26-27-29)18(30)28(19(31)24-20)10-16-23-17(25-32-16)12-5-7-14(21)8-6-12/h2-9,11H,10H2,1H3,(H,24,31)/t20-/m0/s1. The third kappa shape index (κ3) is 3.38. The van der Waals surface area contributed by atoms with Gasteiger partial charge in [-0.2, -0.15) is 4.98 Å². The monoisotopic (exact) mass is 450 g/mol. The lowest BCUT2D eigenvalue weighted by Crippen LogP contribution is -2.40. The summed E-state index contributed by atoms with van der Waals surface area (Å²) in [5, 5.41) is 18.3. The summed E-state index contributed by atoms with van der Waals surface area (Å²) in [5.41, 5.74) is 0.656. The highest BCUT2D eigenvalue weighted by molar-refractivity contribution is 6.30. The molecule has 32 heavy (non-hydrogen) atoms. The molecule has 0 unspecified atom stereocenters. The Morgan fingerprint density at radius 3 is 2.72 bits per heavy atom. The van der Waals surface area contributed by atoms with E-state index in [2.05, 4.69) is 31.0 Å². The number of amides is 3. The maximum atomic E-state index is 13.2. The van der Waals surface area contributed by atoms with Gasteiger partial charge in [0, 0.05) is 10.6 Å². The van der Waals surface area contributed by atoms with Crippen LogP contribution in [-0.2, 0) is 16.9 Å². The molecule has 4 aromatic rings. The molecule has 3 amide bonds. The summed E-state index contributed by atoms with van der Waals surface area (Å²) in [6.07, 6.45) is 1.44. The summed E-state index contributed by atoms with van der Waals surface area (Å²) >= 11 is 5.90. The van der Waals surface area contributed by atoms with Crippen LogP contribution in [0.4, 0.5) is 4.79 Å². The molecule has 3 heterocycles. The quantitative estimate of drug-likeness (QED) is 0.458. The van der Waals surface area contributed by atoms with Gasteiger partial charge in [-0.25, -0.2) is 9.48 Å². The molecule has 0 aliphatic carbocycles. The summed E-state index contributed by atoms with van der Waals surface area (Å²) in [7, 11) is 0. The van der Waals surface area contributed by atoms with Crippen LogP contribution in [-0.4, -0.2) is 47.2 Å². The van der Waals surface area contributed by atoms with Crippen LogP contribution in [0.2, 0.25) is 5.02 Å². The second kappa shape index (κ2) is 7.54. The minimum absolute atomic E-state index is 0.130. The average Bonchev–Trinajstić information content (AvgIpc) is 3.53. The summed E-state index contributed by atoms with van der Waals surface area (Å²) in [4.78, 5) is 31.2. The van der Waals surface area contributed by atoms with Gasteiger partial charge in [-0.1, -0.05) is 28.9 Å². The van der Waals surface area contributed by atoms with Crippen molar-refractivity contribution in [2.75, 3.05) is 0 Å². The van der Waals surface area contributed by atoms with E-state index in [1.165, 1.54) is 11.0 Å². The largest absolute Gasteiger partial charge is 0.337 e. The SMILES string of the molecule is C[C@@]1(c2cccc(-n3cnnn3)c2)NC(=O)N(Cc2nc(-c3ccc(Cl)cc3)no2)C1=O. The number of hydrogen-bond donors (Lipinski definition) is 1. The van der Waals surface area contributed by atoms with Gasteiger partial charge in [0.1, 0.15) is 18.4 Å². The first-order valence-corrected chi connectivity index (χ1v) is 9.88. The number of halogens is 1. The highest BCUT2D eigenvalue weighted by Crippen LogP contribution is 2.31. The Balaban J connectivity index is 1.39. The van der Waals surface area contributed by atoms with Gasteiger partial charge < -0.3 is 9.84 Å². The number of nitrogens with one attached hydrogen (secondary N) is 1. The number of nitrogens with zero attached hydrogens (tertiary/aromatic N) is 7. The molecule has 1 aliphatic heterocycles. The number of benzene rings is 2. The lowest BCUT2D eigenvalue weighted by molar-refractivity contribution is -0.131. The van der Waals surface area contributed by atoms with E-state index in [-0.39, 0.29) is 12.4 Å². The van der Waals surface area contributed by atoms with Crippen LogP contribution in [0.25, 0.3) is 17.1 Å². The third-order valence-electron chi connectivity index (χ3n) is 5.18. The van der Waals surface area contributed by atoms with Gasteiger partial charge >= 0.3 is 6.03 Å². The third-order valence-corrected chi connectivity index (χ3v) is 5.43. The van der Waals surface area contributed by atoms with E-state index in [1.54, 1.807) is 55.5 Å². The first kappa shape index (κ1) is 19.8. The Hall–Kier alpha value is -4.12. The number of hydrogen-bond acceptors (Lipinski definition) is 8. The molecule has 0 radical (unpaired) electrons. The molecule has 1 saturated heterocycles. The van der Waals surface area contributed by atoms with E-state index in [0.717, 1.165) is 4.90 Å². The normalized spacial score (nSPS) is 18.2. The van der Waals surface area contributed by atoms with Gasteiger partial charge in [0.05, 0.1) is 5.69 Å². The van der Waals surface area contributed by atoms with E-state index < -0.39 is 17.5 Å². The van der Waals surface area contributed by atoms with Crippen LogP contribution >= 0.6 is 11.6 Å². The van der Waals surface area contributed by atoms with Crippen molar-refractivity contribution in [2.45, 2.75) is 19.0 Å². The molecule has 1 fully saturated rings. The summed E-state index contributed by atoms with van der Waals surface area (Å²) < 4.78 is 6.72. The second-order valence-electron chi connectivity index (χ2n) is 7.27. The number of rotatable bonds is 5. The van der Waals surface area contributed by atoms with E-state index in [4.69, 9.17) is 16.1 Å². The van der Waals surface area contributed by atoms with E-state index >= 15 is 0 Å². The molecular weight excluding hydrogens is 436 g/mol. The van der Waals surface area contributed by atoms with Gasteiger partial charge in [-0.3, -0.25) is 9.69 Å². The number of carbonyl (C=O) groups excluding carboxylic acids is 2. The summed E-state index contributed by atoms with van der Waals surface area (Å²) in [6.45, 7) is 1.48. The average molecular weight is 451 g/mol. The minimum Gasteiger partial charge on any atom is -0.337 e. The molecule has 0 bridgehead atoms. The first-order valence-electron chi connectivity index (χ1n) is 9.50. The smallest absolute Gasteiger partial charge is 0.325 e. The Bertz CT molecular complexity index is 1300. The van der Waals surface area contributed by atoms with Crippen LogP contribution in [0.15, 0.2) is 59.4 Å². The molecule has 5 rings (SSSR count). The fourth-order valence-electron chi connectivity index (χ4n) is 3.45. The van der Waals surface area contributed by atoms with Crippen LogP contribution < -0.4 is 5.32 Å². The lowest BCUT2D eigenvalue weighted by Gasteiger charge is -2.22. The van der Waals surface area contributed by atoms with Gasteiger partial charge in [-0.15, -0.1) is 5.10 Å². The van der Waals surface area contributed by atoms with Crippen molar-refractivity contribution < 1.29 is 14.1 Å². The Kier molecular flexibility index (Phi) is 4.67. The number of urea groups is 1. The number of carbonyl (C=O) groups is 2. The summed E-state index contributed by atoms with van der Waals surface area (Å²) in [5.74, 6) is 0.0216. The zero-order valence-corrected chi connectivity index (χ0v) is 17.4. The summed E-state index contributed by atoms with van der Waals surface area (Å²) in [6, 6.07) is 13.4. The Morgan fingerprint density at radius 1 is 1.16 bits per heavy atom. The number of imide groups is 1. The second-order valence-corrected chi connectivity index (χ2v) is 7.71. The van der Waals surface area contributed by atoms with Crippen molar-refractivity contribution in [2.24, 2.45) is 0 Å². The maximum Gasteiger partial charge on any atom is 0.325 e. The maximum absolute atomic E-state index is 13.2. The zero-order valence-electron chi connectivity index (χ0n) is 16.6. The molecule has 2 aromatic carbocycles. The molecule has 1 atom stereocenters. The fraction of sp³-hybridized carbons (Fsp3) is 0.150. The molecule has 2 aromatic heterocycles. The predicted octanol–water partition coefficient (Wildman–Crippen LogP) is 2.33. The van der Waals surface area contributed by atoms with Crippen LogP contribution in [0, 0.1) is 0 Å². The van der Waals surface area contributed by atoms with Crippen LogP contribution in [0.1, 0.15) is 18.4 Å². The molecule has 1 N–H and O–H groups in total. The van der Waals surface area contributed by atoms with Gasteiger partial charge in [0.15, 0.2) is 0 Å². The Labute approximate surface area is 186 Å². The van der Waals surface area contributed by atoms with Crippen molar-refractivity contribution in [3.63, 3.8) is 0 Å². The molecule has 1 aliphatic rings. The topological polar surface area (TPSA) is 132 Å². The van der Waals surface area contributed by atoms with Crippen molar-refractivity contribution >= 4 is 23.5 Å². The first-order chi connectivity index (χ1) is 15.4. The van der Waals surface area contributed by atoms with Gasteiger partial charge in [-0.05, 0) is 59.3 Å². The Morgan fingerprint density at radius 2 is 1.97 bits per heavy atom. The van der Waals surface area contributed by atoms with Crippen molar-refractivity contribution in [1.82, 2.24) is 40.6 Å². The van der Waals surface area contributed by atoms with E-state index in [0.29, 0.717) is 27.7 Å². The van der Waals surface area contributed by atoms with Crippen molar-refractivity contribution in [3.8, 4) is 17.1 Å². The van der Waals surface area contributed by atoms with Gasteiger partial charge in [0.25, 0.3) is 5.91 Å². The highest BCUT2D eigenvalue weighted by Gasteiger charge is 2.49. The van der Waals surface area contributed by atoms with Crippen LogP contribution in [0.5, 0.6) is 0 Å². The van der Waals surface area contributed by atoms with E-state index in [9.17, 15) is 9.59 Å². The lowest BCUT2D eigenvalue weighted by atomic mass is 9.91. The number of aromatic nitrogens is 6. The molecule has 160 valence electrons. The van der Waals surface area contributed by atoms with Crippen LogP contribution in [0.3, 0.4) is 0 Å². The molecule has 0 saturated carbocycles. The van der Waals surface area contributed by atoms with Crippen molar-refractivity contribution in [3.05, 3.63) is 71.3 Å². The van der Waals surface area contributed by atoms with Crippen molar-refractivity contribution in [1.29, 1.82) is 0 Å². The minimum atomic E-state index is -1.28. The molecule has 11 nitrogen and oxygen atoms in total. The predicted molar refractivity (Wildman–Crippen MR) is 110 cm³/mol. The molecule has 12 heteroatoms. The molecule has 0 spiro atoms. The van der Waals surface area contributed by atoms with Gasteiger partial charge in [0.2, 0.25) is 11.7 Å². The fourth-order valence-corrected chi connectivity index (χ4v) is 3.57. The zero-order chi connectivity index (χ0) is 22.3. The molecular formula is C20H15ClN8O3.